The SMILES string of the molecule is [18F]c1ccccn1. The monoisotopic (exact) mass is 96.0 g/mol. The molecule has 36 valence electrons. The number of nitrogens with zero attached hydrogens (tertiary/aromatic N) is 1. The van der Waals surface area contributed by atoms with Gasteiger partial charge >= 0.3 is 0 Å². The zero-order chi connectivity index (χ0) is 5.11. The molecule has 0 aliphatic heterocycles. The minimum absolute atomic E-state index is 0.428. The fourth-order valence-corrected chi connectivity index (χ4v) is 0.342. The summed E-state index contributed by atoms with van der Waals surface area (Å²) in [7, 11) is 0. The Morgan fingerprint density at radius 3 is 2.57 bits per heavy atom. The molecule has 1 heterocycles. The fourth-order valence-electron chi connectivity index (χ4n) is 0.342. The van der Waals surface area contributed by atoms with Gasteiger partial charge in [-0.25, -0.2) is 4.98 Å². The topological polar surface area (TPSA) is 12.9 Å². The molecule has 0 unspecified atom stereocenters. The Labute approximate surface area is 40.8 Å². The molecule has 1 rings (SSSR count). The molecule has 0 atom stereocenters. The fraction of sp³-hybridized carbons (Fsp3) is 0. The predicted octanol–water partition coefficient (Wildman–Crippen LogP) is 1.22. The highest BCUT2D eigenvalue weighted by Gasteiger charge is 1.78. The third-order valence-corrected chi connectivity index (χ3v) is 0.629. The smallest absolute Gasteiger partial charge is 0.212 e. The average molecular weight is 96.1 g/mol. The maximum absolute atomic E-state index is 11.8. The number of pyridine rings is 1. The molecule has 0 aromatic carbocycles. The van der Waals surface area contributed by atoms with E-state index >= 15 is 0 Å². The Balaban J connectivity index is 3.02. The molecule has 1 aromatic rings. The van der Waals surface area contributed by atoms with Gasteiger partial charge in [0.15, 0.2) is 0 Å². The van der Waals surface area contributed by atoms with Gasteiger partial charge in [0, 0.05) is 6.20 Å². The lowest BCUT2D eigenvalue weighted by molar-refractivity contribution is 0.584. The van der Waals surface area contributed by atoms with Crippen molar-refractivity contribution in [2.24, 2.45) is 0 Å². The summed E-state index contributed by atoms with van der Waals surface area (Å²) in [5, 5.41) is 0. The maximum atomic E-state index is 11.8. The molecule has 0 spiro atoms. The van der Waals surface area contributed by atoms with Crippen LogP contribution in [0.25, 0.3) is 0 Å². The molecule has 0 amide bonds. The van der Waals surface area contributed by atoms with Crippen LogP contribution in [-0.4, -0.2) is 4.98 Å². The van der Waals surface area contributed by atoms with Crippen molar-refractivity contribution >= 4 is 0 Å². The Kier molecular flexibility index (Phi) is 1.02. The van der Waals surface area contributed by atoms with Gasteiger partial charge in [-0.15, -0.1) is 0 Å². The van der Waals surface area contributed by atoms with E-state index in [0.29, 0.717) is 0 Å². The standard InChI is InChI=1S/C5H4FN/c6-5-3-1-2-4-7-5/h1-4H/i6-1. The molecule has 2 heteroatoms. The second kappa shape index (κ2) is 1.69. The quantitative estimate of drug-likeness (QED) is 0.442. The first-order chi connectivity index (χ1) is 3.39. The molecule has 7 heavy (non-hydrogen) atoms. The highest BCUT2D eigenvalue weighted by atomic mass is 18.2. The van der Waals surface area contributed by atoms with E-state index in [1.54, 1.807) is 12.1 Å². The molecule has 0 aliphatic carbocycles. The Morgan fingerprint density at radius 2 is 2.29 bits per heavy atom. The Bertz CT molecular complexity index is 138. The summed E-state index contributed by atoms with van der Waals surface area (Å²) in [5.74, 6) is -0.428. The minimum Gasteiger partial charge on any atom is -0.228 e. The van der Waals surface area contributed by atoms with Gasteiger partial charge in [0.1, 0.15) is 0 Å². The van der Waals surface area contributed by atoms with Crippen molar-refractivity contribution in [1.82, 2.24) is 4.98 Å². The van der Waals surface area contributed by atoms with Crippen molar-refractivity contribution in [2.45, 2.75) is 0 Å². The van der Waals surface area contributed by atoms with Crippen molar-refractivity contribution in [3.63, 3.8) is 0 Å². The van der Waals surface area contributed by atoms with Crippen molar-refractivity contribution < 1.29 is 4.39 Å². The van der Waals surface area contributed by atoms with Gasteiger partial charge in [0.05, 0.1) is 0 Å². The number of halogens is 1. The third-order valence-electron chi connectivity index (χ3n) is 0.629. The van der Waals surface area contributed by atoms with Crippen LogP contribution in [0, 0.1) is 5.95 Å². The first-order valence-corrected chi connectivity index (χ1v) is 1.96. The Hall–Kier alpha value is -0.920. The lowest BCUT2D eigenvalue weighted by atomic mass is 10.5. The van der Waals surface area contributed by atoms with Crippen LogP contribution in [0.3, 0.4) is 0 Å². The van der Waals surface area contributed by atoms with Gasteiger partial charge in [-0.2, -0.15) is 4.39 Å². The van der Waals surface area contributed by atoms with Gasteiger partial charge in [-0.3, -0.25) is 0 Å². The molecule has 0 aliphatic rings. The normalized spacial score (nSPS) is 8.71. The highest BCUT2D eigenvalue weighted by molar-refractivity contribution is 4.90. The van der Waals surface area contributed by atoms with Crippen molar-refractivity contribution in [1.29, 1.82) is 0 Å². The second-order valence-electron chi connectivity index (χ2n) is 1.15. The third kappa shape index (κ3) is 0.961. The van der Waals surface area contributed by atoms with Gasteiger partial charge in [0.25, 0.3) is 0 Å². The molecule has 0 fully saturated rings. The summed E-state index contributed by atoms with van der Waals surface area (Å²) in [6, 6.07) is 4.57. The van der Waals surface area contributed by atoms with Crippen LogP contribution in [0.15, 0.2) is 24.4 Å². The molecule has 1 nitrogen and oxygen atoms in total. The van der Waals surface area contributed by atoms with E-state index < -0.39 is 5.95 Å². The van der Waals surface area contributed by atoms with E-state index in [2.05, 4.69) is 4.98 Å². The summed E-state index contributed by atoms with van der Waals surface area (Å²) in [6.45, 7) is 0. The van der Waals surface area contributed by atoms with Crippen LogP contribution in [0.4, 0.5) is 4.39 Å². The van der Waals surface area contributed by atoms with E-state index in [0.717, 1.165) is 0 Å². The van der Waals surface area contributed by atoms with Crippen molar-refractivity contribution in [3.8, 4) is 0 Å². The average Bonchev–Trinajstić information content (AvgIpc) is 1.69. The zero-order valence-corrected chi connectivity index (χ0v) is 3.63. The molecular weight excluding hydrogens is 92.1 g/mol. The molecular formula is C5H4FN. The number of hydrogen-bond donors (Lipinski definition) is 0. The van der Waals surface area contributed by atoms with E-state index in [1.807, 2.05) is 0 Å². The maximum Gasteiger partial charge on any atom is 0.212 e. The molecule has 1 aromatic heterocycles. The summed E-state index contributed by atoms with van der Waals surface area (Å²) in [4.78, 5) is 3.31. The molecule has 0 N–H and O–H groups in total. The second-order valence-corrected chi connectivity index (χ2v) is 1.15. The highest BCUT2D eigenvalue weighted by Crippen LogP contribution is 1.85. The van der Waals surface area contributed by atoms with E-state index in [1.165, 1.54) is 12.3 Å². The van der Waals surface area contributed by atoms with Crippen LogP contribution >= 0.6 is 0 Å². The van der Waals surface area contributed by atoms with Crippen molar-refractivity contribution in [2.75, 3.05) is 0 Å². The molecule has 0 saturated carbocycles. The predicted molar refractivity (Wildman–Crippen MR) is 24.2 cm³/mol. The summed E-state index contributed by atoms with van der Waals surface area (Å²) in [5.41, 5.74) is 0. The number of hydrogen-bond acceptors (Lipinski definition) is 1. The van der Waals surface area contributed by atoms with Crippen LogP contribution in [0.1, 0.15) is 0 Å². The lowest BCUT2D eigenvalue weighted by Gasteiger charge is -1.78. The summed E-state index contributed by atoms with van der Waals surface area (Å²) in [6.07, 6.45) is 1.41. The van der Waals surface area contributed by atoms with Gasteiger partial charge in [-0.1, -0.05) is 6.07 Å². The first-order valence-electron chi connectivity index (χ1n) is 1.96. The van der Waals surface area contributed by atoms with E-state index in [-0.39, 0.29) is 0 Å². The molecule has 0 bridgehead atoms. The number of aromatic nitrogens is 1. The summed E-state index contributed by atoms with van der Waals surface area (Å²) >= 11 is 0. The van der Waals surface area contributed by atoms with Gasteiger partial charge < -0.3 is 0 Å². The van der Waals surface area contributed by atoms with Crippen LogP contribution < -0.4 is 0 Å². The first kappa shape index (κ1) is 4.24. The van der Waals surface area contributed by atoms with Crippen LogP contribution in [0.5, 0.6) is 0 Å². The zero-order valence-electron chi connectivity index (χ0n) is 3.63. The van der Waals surface area contributed by atoms with Gasteiger partial charge in [0.2, 0.25) is 5.95 Å². The largest absolute Gasteiger partial charge is 0.228 e. The number of rotatable bonds is 0. The van der Waals surface area contributed by atoms with Crippen LogP contribution in [0.2, 0.25) is 0 Å². The van der Waals surface area contributed by atoms with Gasteiger partial charge in [-0.05, 0) is 12.1 Å². The minimum atomic E-state index is -0.428. The van der Waals surface area contributed by atoms with Crippen LogP contribution in [-0.2, 0) is 0 Å². The summed E-state index contributed by atoms with van der Waals surface area (Å²) < 4.78 is 11.8. The Morgan fingerprint density at radius 1 is 1.43 bits per heavy atom. The van der Waals surface area contributed by atoms with Crippen molar-refractivity contribution in [3.05, 3.63) is 30.3 Å². The van der Waals surface area contributed by atoms with E-state index in [4.69, 9.17) is 0 Å². The van der Waals surface area contributed by atoms with E-state index in [9.17, 15) is 4.39 Å². The molecule has 0 radical (unpaired) electrons. The molecule has 0 saturated heterocycles. The lowest BCUT2D eigenvalue weighted by Crippen LogP contribution is -1.73.